The van der Waals surface area contributed by atoms with E-state index in [1.807, 2.05) is 0 Å². The first kappa shape index (κ1) is 12.8. The van der Waals surface area contributed by atoms with E-state index in [0.29, 0.717) is 5.92 Å². The van der Waals surface area contributed by atoms with Crippen LogP contribution in [-0.4, -0.2) is 24.9 Å². The first-order chi connectivity index (χ1) is 9.28. The van der Waals surface area contributed by atoms with Crippen LogP contribution in [0.2, 0.25) is 0 Å². The maximum absolute atomic E-state index is 11.1. The molecule has 0 bridgehead atoms. The van der Waals surface area contributed by atoms with Crippen LogP contribution in [0.5, 0.6) is 0 Å². The number of thiophene rings is 1. The highest BCUT2D eigenvalue weighted by Crippen LogP contribution is 2.43. The van der Waals surface area contributed by atoms with Crippen LogP contribution in [0.3, 0.4) is 0 Å². The number of rotatable bonds is 6. The van der Waals surface area contributed by atoms with Crippen LogP contribution in [0.25, 0.3) is 0 Å². The van der Waals surface area contributed by atoms with Gasteiger partial charge in [-0.1, -0.05) is 17.4 Å². The first-order valence-corrected chi connectivity index (χ1v) is 8.17. The number of carbonyl (C=O) groups excluding carboxylic acids is 1. The van der Waals surface area contributed by atoms with Gasteiger partial charge in [0.05, 0.1) is 10.6 Å². The number of hydrogen-bond acceptors (Lipinski definition) is 5. The van der Waals surface area contributed by atoms with Crippen molar-refractivity contribution in [2.24, 2.45) is 0 Å². The van der Waals surface area contributed by atoms with Gasteiger partial charge in [0.25, 0.3) is 0 Å². The zero-order valence-electron chi connectivity index (χ0n) is 10.8. The smallest absolute Gasteiger partial charge is 0.185 e. The number of anilines is 1. The average Bonchev–Trinajstić information content (AvgIpc) is 2.98. The van der Waals surface area contributed by atoms with Gasteiger partial charge < -0.3 is 4.90 Å². The van der Waals surface area contributed by atoms with E-state index >= 15 is 0 Å². The summed E-state index contributed by atoms with van der Waals surface area (Å²) in [6.07, 6.45) is 4.36. The van der Waals surface area contributed by atoms with Crippen molar-refractivity contribution in [2.45, 2.75) is 25.2 Å². The molecular formula is C14H16N2OS2. The van der Waals surface area contributed by atoms with Crippen molar-refractivity contribution in [1.29, 1.82) is 0 Å². The fourth-order valence-electron chi connectivity index (χ4n) is 2.06. The summed E-state index contributed by atoms with van der Waals surface area (Å²) < 4.78 is 0. The Kier molecular flexibility index (Phi) is 3.66. The summed E-state index contributed by atoms with van der Waals surface area (Å²) in [5.41, 5.74) is 1.03. The lowest BCUT2D eigenvalue weighted by atomic mass is 10.3. The number of aromatic nitrogens is 1. The Labute approximate surface area is 120 Å². The Bertz CT molecular complexity index is 558. The van der Waals surface area contributed by atoms with E-state index in [1.165, 1.54) is 29.1 Å². The van der Waals surface area contributed by atoms with Crippen LogP contribution < -0.4 is 4.90 Å². The van der Waals surface area contributed by atoms with Gasteiger partial charge in [0, 0.05) is 24.4 Å². The van der Waals surface area contributed by atoms with Gasteiger partial charge in [-0.3, -0.25) is 4.79 Å². The zero-order chi connectivity index (χ0) is 13.2. The van der Waals surface area contributed by atoms with Crippen molar-refractivity contribution in [3.05, 3.63) is 33.0 Å². The second kappa shape index (κ2) is 5.43. The summed E-state index contributed by atoms with van der Waals surface area (Å²) in [5, 5.41) is 3.08. The summed E-state index contributed by atoms with van der Waals surface area (Å²) in [5.74, 6) is 0.538. The van der Waals surface area contributed by atoms with Gasteiger partial charge in [-0.25, -0.2) is 4.98 Å². The molecular weight excluding hydrogens is 276 g/mol. The van der Waals surface area contributed by atoms with Crippen molar-refractivity contribution in [2.75, 3.05) is 18.5 Å². The van der Waals surface area contributed by atoms with Crippen LogP contribution in [0.1, 0.15) is 39.0 Å². The molecule has 0 aliphatic heterocycles. The van der Waals surface area contributed by atoms with Crippen LogP contribution in [0.15, 0.2) is 17.5 Å². The molecule has 3 nitrogen and oxygen atoms in total. The maximum atomic E-state index is 11.1. The molecule has 5 heteroatoms. The molecule has 1 aliphatic carbocycles. The maximum Gasteiger partial charge on any atom is 0.185 e. The lowest BCUT2D eigenvalue weighted by Crippen LogP contribution is -2.19. The highest BCUT2D eigenvalue weighted by molar-refractivity contribution is 7.17. The predicted molar refractivity (Wildman–Crippen MR) is 80.8 cm³/mol. The molecule has 0 aromatic carbocycles. The molecule has 2 aromatic rings. The minimum Gasteiger partial charge on any atom is -0.351 e. The minimum atomic E-state index is 0.538. The highest BCUT2D eigenvalue weighted by atomic mass is 32.1. The Morgan fingerprint density at radius 3 is 3.00 bits per heavy atom. The normalized spacial score (nSPS) is 14.6. The third-order valence-corrected chi connectivity index (χ3v) is 5.39. The lowest BCUT2D eigenvalue weighted by Gasteiger charge is -2.14. The molecule has 1 saturated carbocycles. The van der Waals surface area contributed by atoms with Gasteiger partial charge in [-0.2, -0.15) is 0 Å². The molecule has 0 radical (unpaired) electrons. The van der Waals surface area contributed by atoms with Crippen LogP contribution in [-0.2, 0) is 6.42 Å². The van der Waals surface area contributed by atoms with E-state index in [2.05, 4.69) is 34.4 Å². The summed E-state index contributed by atoms with van der Waals surface area (Å²) in [7, 11) is 2.05. The largest absolute Gasteiger partial charge is 0.351 e. The Balaban J connectivity index is 1.68. The number of carbonyl (C=O) groups is 1. The third kappa shape index (κ3) is 2.87. The topological polar surface area (TPSA) is 33.2 Å². The van der Waals surface area contributed by atoms with Crippen molar-refractivity contribution in [3.63, 3.8) is 0 Å². The second-order valence-corrected chi connectivity index (χ2v) is 6.93. The fourth-order valence-corrected chi connectivity index (χ4v) is 3.71. The van der Waals surface area contributed by atoms with Crippen molar-refractivity contribution in [3.8, 4) is 0 Å². The SMILES string of the molecule is CN(CCc1cccs1)c1nc(C2CC2)c(C=O)s1. The van der Waals surface area contributed by atoms with Gasteiger partial charge in [-0.15, -0.1) is 11.3 Å². The summed E-state index contributed by atoms with van der Waals surface area (Å²) >= 11 is 3.31. The Morgan fingerprint density at radius 1 is 1.53 bits per heavy atom. The van der Waals surface area contributed by atoms with E-state index < -0.39 is 0 Å². The Hall–Kier alpha value is -1.20. The molecule has 0 unspecified atom stereocenters. The summed E-state index contributed by atoms with van der Waals surface area (Å²) in [6, 6.07) is 4.24. The quantitative estimate of drug-likeness (QED) is 0.763. The van der Waals surface area contributed by atoms with Crippen LogP contribution >= 0.6 is 22.7 Å². The van der Waals surface area contributed by atoms with E-state index in [4.69, 9.17) is 0 Å². The average molecular weight is 292 g/mol. The van der Waals surface area contributed by atoms with Crippen molar-refractivity contribution in [1.82, 2.24) is 4.98 Å². The molecule has 1 aliphatic rings. The van der Waals surface area contributed by atoms with Crippen molar-refractivity contribution < 1.29 is 4.79 Å². The number of hydrogen-bond donors (Lipinski definition) is 0. The van der Waals surface area contributed by atoms with Gasteiger partial charge in [0.1, 0.15) is 0 Å². The second-order valence-electron chi connectivity index (χ2n) is 4.89. The molecule has 0 N–H and O–H groups in total. The Morgan fingerprint density at radius 2 is 2.37 bits per heavy atom. The zero-order valence-corrected chi connectivity index (χ0v) is 12.5. The van der Waals surface area contributed by atoms with E-state index in [-0.39, 0.29) is 0 Å². The van der Waals surface area contributed by atoms with Gasteiger partial charge >= 0.3 is 0 Å². The molecule has 1 fully saturated rings. The standard InChI is InChI=1S/C14H16N2OS2/c1-16(7-6-11-3-2-8-18-11)14-15-13(10-4-5-10)12(9-17)19-14/h2-3,8-10H,4-7H2,1H3. The van der Waals surface area contributed by atoms with Gasteiger partial charge in [0.15, 0.2) is 11.4 Å². The molecule has 0 spiro atoms. The van der Waals surface area contributed by atoms with Crippen molar-refractivity contribution >= 4 is 34.1 Å². The molecule has 0 atom stereocenters. The molecule has 3 rings (SSSR count). The van der Waals surface area contributed by atoms with Gasteiger partial charge in [-0.05, 0) is 30.7 Å². The molecule has 19 heavy (non-hydrogen) atoms. The number of aldehydes is 1. The number of thiazole rings is 1. The van der Waals surface area contributed by atoms with Gasteiger partial charge in [0.2, 0.25) is 0 Å². The van der Waals surface area contributed by atoms with E-state index in [1.54, 1.807) is 11.3 Å². The lowest BCUT2D eigenvalue weighted by molar-refractivity contribution is 0.112. The highest BCUT2D eigenvalue weighted by Gasteiger charge is 2.30. The predicted octanol–water partition coefficient (Wildman–Crippen LogP) is 3.57. The van der Waals surface area contributed by atoms with E-state index in [0.717, 1.165) is 35.0 Å². The van der Waals surface area contributed by atoms with E-state index in [9.17, 15) is 4.79 Å². The molecule has 0 amide bonds. The summed E-state index contributed by atoms with van der Waals surface area (Å²) in [6.45, 7) is 0.941. The van der Waals surface area contributed by atoms with Crippen LogP contribution in [0, 0.1) is 0 Å². The number of nitrogens with zero attached hydrogens (tertiary/aromatic N) is 2. The third-order valence-electron chi connectivity index (χ3n) is 3.34. The fraction of sp³-hybridized carbons (Fsp3) is 0.429. The summed E-state index contributed by atoms with van der Waals surface area (Å²) in [4.78, 5) is 20.1. The monoisotopic (exact) mass is 292 g/mol. The molecule has 2 heterocycles. The molecule has 0 saturated heterocycles. The van der Waals surface area contributed by atoms with Crippen LogP contribution in [0.4, 0.5) is 5.13 Å². The first-order valence-electron chi connectivity index (χ1n) is 6.47. The molecule has 2 aromatic heterocycles. The minimum absolute atomic E-state index is 0.538. The molecule has 100 valence electrons. The number of likely N-dealkylation sites (N-methyl/N-ethyl adjacent to an activating group) is 1.